The van der Waals surface area contributed by atoms with Crippen LogP contribution in [0.4, 0.5) is 0 Å². The zero-order chi connectivity index (χ0) is 12.5. The summed E-state index contributed by atoms with van der Waals surface area (Å²) >= 11 is 0. The molecule has 1 unspecified atom stereocenters. The van der Waals surface area contributed by atoms with Gasteiger partial charge in [0, 0.05) is 9.47 Å². The number of hydrogen-bond donors (Lipinski definition) is 0. The fourth-order valence-corrected chi connectivity index (χ4v) is 2.17. The van der Waals surface area contributed by atoms with Crippen molar-refractivity contribution in [3.8, 4) is 0 Å². The number of aryl methyl sites for hydroxylation is 1. The van der Waals surface area contributed by atoms with Gasteiger partial charge < -0.3 is 4.52 Å². The first-order valence-electron chi connectivity index (χ1n) is 6.62. The molecular formula is C15H25OP. The molecule has 0 saturated carbocycles. The molecule has 0 fully saturated rings. The molecule has 0 N–H and O–H groups in total. The highest BCUT2D eigenvalue weighted by Gasteiger charge is 1.98. The van der Waals surface area contributed by atoms with Gasteiger partial charge in [-0.25, -0.2) is 0 Å². The maximum atomic E-state index is 4.96. The topological polar surface area (TPSA) is 9.23 Å². The standard InChI is InChI=1S/C15H25OP/c1-13(2)12-15-9-7-14(8-10-15)6-4-3-5-11-16-17/h7-10,13H,3-6,11-12,17H2,1-2H3. The van der Waals surface area contributed by atoms with Gasteiger partial charge in [0.15, 0.2) is 0 Å². The minimum Gasteiger partial charge on any atom is -0.366 e. The lowest BCUT2D eigenvalue weighted by atomic mass is 10.00. The van der Waals surface area contributed by atoms with Gasteiger partial charge in [0.1, 0.15) is 0 Å². The Labute approximate surface area is 108 Å². The largest absolute Gasteiger partial charge is 0.366 e. The molecule has 0 heterocycles. The van der Waals surface area contributed by atoms with Crippen LogP contribution in [-0.4, -0.2) is 6.61 Å². The number of hydrogen-bond acceptors (Lipinski definition) is 1. The maximum Gasteiger partial charge on any atom is 0.0501 e. The molecule has 1 rings (SSSR count). The molecule has 0 aliphatic rings. The van der Waals surface area contributed by atoms with E-state index in [-0.39, 0.29) is 0 Å². The summed E-state index contributed by atoms with van der Waals surface area (Å²) in [6.07, 6.45) is 6.05. The molecule has 96 valence electrons. The molecule has 0 amide bonds. The molecule has 0 bridgehead atoms. The van der Waals surface area contributed by atoms with E-state index in [0.29, 0.717) is 0 Å². The average Bonchev–Trinajstić information content (AvgIpc) is 2.30. The second-order valence-electron chi connectivity index (χ2n) is 5.10. The Balaban J connectivity index is 2.25. The molecule has 0 aliphatic heterocycles. The van der Waals surface area contributed by atoms with Crippen LogP contribution in [0.5, 0.6) is 0 Å². The van der Waals surface area contributed by atoms with Crippen molar-refractivity contribution >= 4 is 9.47 Å². The highest BCUT2D eigenvalue weighted by atomic mass is 31.0. The van der Waals surface area contributed by atoms with E-state index in [1.807, 2.05) is 0 Å². The zero-order valence-corrected chi connectivity index (χ0v) is 12.3. The quantitative estimate of drug-likeness (QED) is 0.492. The van der Waals surface area contributed by atoms with Crippen molar-refractivity contribution in [3.63, 3.8) is 0 Å². The van der Waals surface area contributed by atoms with E-state index in [9.17, 15) is 0 Å². The third kappa shape index (κ3) is 6.81. The first kappa shape index (κ1) is 14.7. The lowest BCUT2D eigenvalue weighted by Crippen LogP contribution is -1.94. The predicted octanol–water partition coefficient (Wildman–Crippen LogP) is 4.40. The maximum absolute atomic E-state index is 4.96. The summed E-state index contributed by atoms with van der Waals surface area (Å²) in [5.41, 5.74) is 2.92. The zero-order valence-electron chi connectivity index (χ0n) is 11.1. The lowest BCUT2D eigenvalue weighted by molar-refractivity contribution is 0.354. The molecule has 0 saturated heterocycles. The third-order valence-corrected chi connectivity index (χ3v) is 3.13. The summed E-state index contributed by atoms with van der Waals surface area (Å²) in [5, 5.41) is 0. The van der Waals surface area contributed by atoms with Gasteiger partial charge in [-0.05, 0) is 42.7 Å². The van der Waals surface area contributed by atoms with Crippen LogP contribution in [0.25, 0.3) is 0 Å². The molecule has 1 atom stereocenters. The second kappa shape index (κ2) is 8.66. The van der Waals surface area contributed by atoms with E-state index in [2.05, 4.69) is 47.6 Å². The van der Waals surface area contributed by atoms with Crippen molar-refractivity contribution < 1.29 is 4.52 Å². The Morgan fingerprint density at radius 2 is 1.65 bits per heavy atom. The normalized spacial score (nSPS) is 11.1. The highest BCUT2D eigenvalue weighted by molar-refractivity contribution is 7.09. The minimum absolute atomic E-state index is 0.743. The monoisotopic (exact) mass is 252 g/mol. The summed E-state index contributed by atoms with van der Waals surface area (Å²) in [5.74, 6) is 0.743. The fourth-order valence-electron chi connectivity index (χ4n) is 2.00. The van der Waals surface area contributed by atoms with E-state index in [4.69, 9.17) is 4.52 Å². The Morgan fingerprint density at radius 1 is 1.00 bits per heavy atom. The molecule has 1 aromatic rings. The van der Waals surface area contributed by atoms with Gasteiger partial charge in [-0.1, -0.05) is 44.5 Å². The molecule has 2 heteroatoms. The molecule has 17 heavy (non-hydrogen) atoms. The summed E-state index contributed by atoms with van der Waals surface area (Å²) in [6.45, 7) is 5.39. The van der Waals surface area contributed by atoms with Gasteiger partial charge in [0.05, 0.1) is 6.61 Å². The highest BCUT2D eigenvalue weighted by Crippen LogP contribution is 2.12. The van der Waals surface area contributed by atoms with E-state index in [1.54, 1.807) is 0 Å². The molecule has 0 aliphatic carbocycles. The summed E-state index contributed by atoms with van der Waals surface area (Å²) in [4.78, 5) is 0. The van der Waals surface area contributed by atoms with Crippen molar-refractivity contribution in [3.05, 3.63) is 35.4 Å². The van der Waals surface area contributed by atoms with Crippen molar-refractivity contribution in [1.82, 2.24) is 0 Å². The van der Waals surface area contributed by atoms with Crippen LogP contribution in [0.15, 0.2) is 24.3 Å². The van der Waals surface area contributed by atoms with Gasteiger partial charge in [-0.15, -0.1) is 0 Å². The molecule has 0 spiro atoms. The van der Waals surface area contributed by atoms with Crippen LogP contribution in [0.3, 0.4) is 0 Å². The van der Waals surface area contributed by atoms with Crippen LogP contribution < -0.4 is 0 Å². The first-order valence-corrected chi connectivity index (χ1v) is 7.09. The van der Waals surface area contributed by atoms with Gasteiger partial charge in [-0.2, -0.15) is 0 Å². The number of benzene rings is 1. The van der Waals surface area contributed by atoms with E-state index in [1.165, 1.54) is 36.8 Å². The summed E-state index contributed by atoms with van der Waals surface area (Å²) < 4.78 is 4.96. The molecule has 1 nitrogen and oxygen atoms in total. The van der Waals surface area contributed by atoms with E-state index in [0.717, 1.165) is 18.9 Å². The van der Waals surface area contributed by atoms with Crippen molar-refractivity contribution in [1.29, 1.82) is 0 Å². The van der Waals surface area contributed by atoms with Gasteiger partial charge in [0.2, 0.25) is 0 Å². The minimum atomic E-state index is 0.743. The summed E-state index contributed by atoms with van der Waals surface area (Å²) in [7, 11) is 2.31. The number of unbranched alkanes of at least 4 members (excludes halogenated alkanes) is 2. The van der Waals surface area contributed by atoms with Gasteiger partial charge in [0.25, 0.3) is 0 Å². The first-order chi connectivity index (χ1) is 8.22. The van der Waals surface area contributed by atoms with Crippen LogP contribution in [0.1, 0.15) is 44.2 Å². The summed E-state index contributed by atoms with van der Waals surface area (Å²) in [6, 6.07) is 9.12. The van der Waals surface area contributed by atoms with Gasteiger partial charge >= 0.3 is 0 Å². The average molecular weight is 252 g/mol. The predicted molar refractivity (Wildman–Crippen MR) is 78.2 cm³/mol. The Kier molecular flexibility index (Phi) is 7.48. The van der Waals surface area contributed by atoms with Crippen LogP contribution >= 0.6 is 9.47 Å². The Bertz CT molecular complexity index is 292. The van der Waals surface area contributed by atoms with E-state index >= 15 is 0 Å². The molecule has 0 radical (unpaired) electrons. The molecule has 0 aromatic heterocycles. The smallest absolute Gasteiger partial charge is 0.0501 e. The Morgan fingerprint density at radius 3 is 2.24 bits per heavy atom. The fraction of sp³-hybridized carbons (Fsp3) is 0.600. The van der Waals surface area contributed by atoms with Gasteiger partial charge in [-0.3, -0.25) is 0 Å². The van der Waals surface area contributed by atoms with Crippen LogP contribution in [0.2, 0.25) is 0 Å². The van der Waals surface area contributed by atoms with Crippen LogP contribution in [-0.2, 0) is 17.4 Å². The van der Waals surface area contributed by atoms with Crippen molar-refractivity contribution in [2.24, 2.45) is 5.92 Å². The second-order valence-corrected chi connectivity index (χ2v) is 5.43. The molecule has 1 aromatic carbocycles. The van der Waals surface area contributed by atoms with Crippen LogP contribution in [0, 0.1) is 5.92 Å². The lowest BCUT2D eigenvalue weighted by Gasteiger charge is -2.06. The van der Waals surface area contributed by atoms with E-state index < -0.39 is 0 Å². The molecular weight excluding hydrogens is 227 g/mol. The Hall–Kier alpha value is -0.390. The van der Waals surface area contributed by atoms with Crippen molar-refractivity contribution in [2.75, 3.05) is 6.61 Å². The van der Waals surface area contributed by atoms with Crippen molar-refractivity contribution in [2.45, 2.75) is 46.0 Å². The SMILES string of the molecule is CC(C)Cc1ccc(CCCCCOP)cc1. The third-order valence-electron chi connectivity index (χ3n) is 2.89. The number of rotatable bonds is 8.